The minimum absolute atomic E-state index is 0.196. The van der Waals surface area contributed by atoms with Crippen LogP contribution in [-0.4, -0.2) is 18.6 Å². The van der Waals surface area contributed by atoms with Crippen LogP contribution in [0, 0.1) is 0 Å². The minimum Gasteiger partial charge on any atom is -0.450 e. The summed E-state index contributed by atoms with van der Waals surface area (Å²) in [5, 5.41) is 5.47. The smallest absolute Gasteiger partial charge is 0.411 e. The number of carbonyl (C=O) groups is 2. The Labute approximate surface area is 142 Å². The van der Waals surface area contributed by atoms with Crippen molar-refractivity contribution >= 4 is 23.4 Å². The van der Waals surface area contributed by atoms with Crippen molar-refractivity contribution in [3.05, 3.63) is 59.7 Å². The van der Waals surface area contributed by atoms with Crippen molar-refractivity contribution < 1.29 is 14.3 Å². The topological polar surface area (TPSA) is 67.4 Å². The van der Waals surface area contributed by atoms with Crippen LogP contribution in [0.2, 0.25) is 0 Å². The highest BCUT2D eigenvalue weighted by molar-refractivity contribution is 6.04. The first-order chi connectivity index (χ1) is 11.5. The van der Waals surface area contributed by atoms with Crippen molar-refractivity contribution in [1.82, 2.24) is 0 Å². The Kier molecular flexibility index (Phi) is 5.95. The van der Waals surface area contributed by atoms with E-state index in [-0.39, 0.29) is 5.91 Å². The van der Waals surface area contributed by atoms with E-state index in [1.54, 1.807) is 31.2 Å². The first-order valence-corrected chi connectivity index (χ1v) is 7.94. The van der Waals surface area contributed by atoms with Gasteiger partial charge >= 0.3 is 6.09 Å². The van der Waals surface area contributed by atoms with E-state index in [1.807, 2.05) is 24.3 Å². The number of anilines is 2. The van der Waals surface area contributed by atoms with Crippen LogP contribution in [0.15, 0.2) is 48.5 Å². The lowest BCUT2D eigenvalue weighted by Gasteiger charge is -2.10. The van der Waals surface area contributed by atoms with E-state index >= 15 is 0 Å². The van der Waals surface area contributed by atoms with Crippen LogP contribution in [0.25, 0.3) is 0 Å². The van der Waals surface area contributed by atoms with E-state index in [9.17, 15) is 9.59 Å². The molecule has 2 N–H and O–H groups in total. The zero-order valence-corrected chi connectivity index (χ0v) is 14.1. The highest BCUT2D eigenvalue weighted by atomic mass is 16.5. The van der Waals surface area contributed by atoms with Crippen molar-refractivity contribution in [3.63, 3.8) is 0 Å². The molecule has 0 aliphatic carbocycles. The largest absolute Gasteiger partial charge is 0.450 e. The molecule has 0 aliphatic rings. The highest BCUT2D eigenvalue weighted by Crippen LogP contribution is 2.19. The van der Waals surface area contributed by atoms with Gasteiger partial charge in [-0.05, 0) is 54.8 Å². The summed E-state index contributed by atoms with van der Waals surface area (Å²) >= 11 is 0. The molecule has 0 radical (unpaired) electrons. The lowest BCUT2D eigenvalue weighted by Crippen LogP contribution is -2.14. The third-order valence-electron chi connectivity index (χ3n) is 3.48. The van der Waals surface area contributed by atoms with Crippen LogP contribution in [0.5, 0.6) is 0 Å². The molecule has 126 valence electrons. The summed E-state index contributed by atoms with van der Waals surface area (Å²) in [7, 11) is 0. The molecule has 0 heterocycles. The van der Waals surface area contributed by atoms with Gasteiger partial charge in [-0.1, -0.05) is 26.0 Å². The van der Waals surface area contributed by atoms with Crippen LogP contribution in [-0.2, 0) is 4.74 Å². The molecule has 2 rings (SSSR count). The fraction of sp³-hybridized carbons (Fsp3) is 0.263. The van der Waals surface area contributed by atoms with E-state index in [0.29, 0.717) is 23.8 Å². The molecule has 0 aliphatic heterocycles. The Hall–Kier alpha value is -2.82. The van der Waals surface area contributed by atoms with Gasteiger partial charge in [-0.2, -0.15) is 0 Å². The third kappa shape index (κ3) is 4.84. The molecule has 0 fully saturated rings. The number of benzene rings is 2. The summed E-state index contributed by atoms with van der Waals surface area (Å²) in [4.78, 5) is 23.7. The Bertz CT molecular complexity index is 709. The summed E-state index contributed by atoms with van der Waals surface area (Å²) in [6.45, 7) is 6.26. The first kappa shape index (κ1) is 17.5. The van der Waals surface area contributed by atoms with Gasteiger partial charge in [0, 0.05) is 16.9 Å². The van der Waals surface area contributed by atoms with Gasteiger partial charge in [-0.15, -0.1) is 0 Å². The molecule has 0 bridgehead atoms. The monoisotopic (exact) mass is 326 g/mol. The maximum atomic E-state index is 12.3. The van der Waals surface area contributed by atoms with Gasteiger partial charge in [0.2, 0.25) is 0 Å². The molecule has 0 spiro atoms. The molecule has 0 saturated heterocycles. The Balaban J connectivity index is 2.02. The van der Waals surface area contributed by atoms with Crippen LogP contribution < -0.4 is 10.6 Å². The lowest BCUT2D eigenvalue weighted by atomic mass is 10.0. The molecule has 5 nitrogen and oxygen atoms in total. The summed E-state index contributed by atoms with van der Waals surface area (Å²) in [5.41, 5.74) is 3.02. The molecule has 2 amide bonds. The molecule has 0 aromatic heterocycles. The predicted molar refractivity (Wildman–Crippen MR) is 95.6 cm³/mol. The molecular formula is C19H22N2O3. The van der Waals surface area contributed by atoms with Gasteiger partial charge in [-0.3, -0.25) is 10.1 Å². The average Bonchev–Trinajstić information content (AvgIpc) is 2.56. The molecule has 24 heavy (non-hydrogen) atoms. The summed E-state index contributed by atoms with van der Waals surface area (Å²) in [6, 6.07) is 14.4. The maximum absolute atomic E-state index is 12.3. The lowest BCUT2D eigenvalue weighted by molar-refractivity contribution is 0.102. The number of hydrogen-bond acceptors (Lipinski definition) is 3. The zero-order chi connectivity index (χ0) is 17.5. The van der Waals surface area contributed by atoms with Crippen molar-refractivity contribution in [2.24, 2.45) is 0 Å². The van der Waals surface area contributed by atoms with Crippen LogP contribution in [0.1, 0.15) is 42.6 Å². The van der Waals surface area contributed by atoms with E-state index in [4.69, 9.17) is 4.74 Å². The van der Waals surface area contributed by atoms with Crippen molar-refractivity contribution in [3.8, 4) is 0 Å². The Morgan fingerprint density at radius 3 is 2.33 bits per heavy atom. The fourth-order valence-corrected chi connectivity index (χ4v) is 2.17. The summed E-state index contributed by atoms with van der Waals surface area (Å²) in [5.74, 6) is 0.202. The standard InChI is InChI=1S/C19H22N2O3/c1-4-24-19(23)21-16-10-8-14(9-11-16)18(22)20-17-7-5-6-15(12-17)13(2)3/h5-13H,4H2,1-3H3,(H,20,22)(H,21,23). The van der Waals surface area contributed by atoms with Crippen LogP contribution in [0.3, 0.4) is 0 Å². The van der Waals surface area contributed by atoms with Gasteiger partial charge < -0.3 is 10.1 Å². The maximum Gasteiger partial charge on any atom is 0.411 e. The molecular weight excluding hydrogens is 304 g/mol. The second-order valence-electron chi connectivity index (χ2n) is 5.66. The number of rotatable bonds is 5. The number of ether oxygens (including phenoxy) is 1. The van der Waals surface area contributed by atoms with E-state index in [2.05, 4.69) is 24.5 Å². The molecule has 0 atom stereocenters. The van der Waals surface area contributed by atoms with Gasteiger partial charge in [-0.25, -0.2) is 4.79 Å². The SMILES string of the molecule is CCOC(=O)Nc1ccc(C(=O)Nc2cccc(C(C)C)c2)cc1. The third-order valence-corrected chi connectivity index (χ3v) is 3.48. The molecule has 2 aromatic rings. The van der Waals surface area contributed by atoms with E-state index < -0.39 is 6.09 Å². The first-order valence-electron chi connectivity index (χ1n) is 7.94. The Morgan fingerprint density at radius 1 is 1.00 bits per heavy atom. The molecule has 5 heteroatoms. The van der Waals surface area contributed by atoms with Gasteiger partial charge in [0.05, 0.1) is 6.61 Å². The molecule has 0 saturated carbocycles. The van der Waals surface area contributed by atoms with Gasteiger partial charge in [0.15, 0.2) is 0 Å². The van der Waals surface area contributed by atoms with Gasteiger partial charge in [0.1, 0.15) is 0 Å². The average molecular weight is 326 g/mol. The number of nitrogens with one attached hydrogen (secondary N) is 2. The van der Waals surface area contributed by atoms with Gasteiger partial charge in [0.25, 0.3) is 5.91 Å². The molecule has 0 unspecified atom stereocenters. The van der Waals surface area contributed by atoms with Crippen molar-refractivity contribution in [2.45, 2.75) is 26.7 Å². The zero-order valence-electron chi connectivity index (χ0n) is 14.1. The normalized spacial score (nSPS) is 10.3. The summed E-state index contributed by atoms with van der Waals surface area (Å²) < 4.78 is 4.80. The number of hydrogen-bond donors (Lipinski definition) is 2. The quantitative estimate of drug-likeness (QED) is 0.841. The number of carbonyl (C=O) groups excluding carboxylic acids is 2. The fourth-order valence-electron chi connectivity index (χ4n) is 2.17. The van der Waals surface area contributed by atoms with Crippen molar-refractivity contribution in [2.75, 3.05) is 17.2 Å². The summed E-state index contributed by atoms with van der Waals surface area (Å²) in [6.07, 6.45) is -0.514. The predicted octanol–water partition coefficient (Wildman–Crippen LogP) is 4.63. The highest BCUT2D eigenvalue weighted by Gasteiger charge is 2.08. The molecule has 2 aromatic carbocycles. The van der Waals surface area contributed by atoms with E-state index in [1.165, 1.54) is 5.56 Å². The number of amides is 2. The second-order valence-corrected chi connectivity index (χ2v) is 5.66. The van der Waals surface area contributed by atoms with Crippen LogP contribution in [0.4, 0.5) is 16.2 Å². The van der Waals surface area contributed by atoms with Crippen LogP contribution >= 0.6 is 0 Å². The van der Waals surface area contributed by atoms with Crippen molar-refractivity contribution in [1.29, 1.82) is 0 Å². The second kappa shape index (κ2) is 8.15. The Morgan fingerprint density at radius 2 is 1.71 bits per heavy atom. The minimum atomic E-state index is -0.514. The van der Waals surface area contributed by atoms with E-state index in [0.717, 1.165) is 5.69 Å².